The van der Waals surface area contributed by atoms with Gasteiger partial charge in [0.25, 0.3) is 0 Å². The molecule has 1 amide bonds. The number of nitrogens with zero attached hydrogens (tertiary/aromatic N) is 3. The average Bonchev–Trinajstić information content (AvgIpc) is 2.89. The molecule has 1 aromatic carbocycles. The zero-order valence-corrected chi connectivity index (χ0v) is 12.3. The maximum absolute atomic E-state index is 12.1. The first-order chi connectivity index (χ1) is 10.4. The molecule has 0 aliphatic heterocycles. The number of carbonyl (C=O) groups excluding carboxylic acids is 1. The van der Waals surface area contributed by atoms with Gasteiger partial charge in [-0.1, -0.05) is 25.1 Å². The molecule has 1 aliphatic carbocycles. The van der Waals surface area contributed by atoms with Crippen LogP contribution in [0.5, 0.6) is 0 Å². The van der Waals surface area contributed by atoms with Crippen molar-refractivity contribution in [2.45, 2.75) is 20.3 Å². The van der Waals surface area contributed by atoms with Crippen LogP contribution >= 0.6 is 0 Å². The molecule has 1 saturated carbocycles. The summed E-state index contributed by atoms with van der Waals surface area (Å²) < 4.78 is 1.36. The summed E-state index contributed by atoms with van der Waals surface area (Å²) >= 11 is 0. The fourth-order valence-corrected chi connectivity index (χ4v) is 2.36. The third-order valence-electron chi connectivity index (χ3n) is 3.92. The quantitative estimate of drug-likeness (QED) is 0.899. The minimum absolute atomic E-state index is 0.00645. The summed E-state index contributed by atoms with van der Waals surface area (Å²) in [6.45, 7) is 4.13. The lowest BCUT2D eigenvalue weighted by atomic mass is 10.1. The monoisotopic (exact) mass is 300 g/mol. The summed E-state index contributed by atoms with van der Waals surface area (Å²) in [6.07, 6.45) is 2.22. The largest absolute Gasteiger partial charge is 0.476 e. The van der Waals surface area contributed by atoms with Crippen molar-refractivity contribution in [1.82, 2.24) is 15.0 Å². The topological polar surface area (TPSA) is 97.1 Å². The number of hydrogen-bond donors (Lipinski definition) is 2. The number of carboxylic acid groups (broad SMARTS) is 1. The summed E-state index contributed by atoms with van der Waals surface area (Å²) in [4.78, 5) is 22.9. The van der Waals surface area contributed by atoms with Crippen molar-refractivity contribution >= 4 is 17.6 Å². The molecule has 1 atom stereocenters. The second kappa shape index (κ2) is 4.94. The molecule has 1 heterocycles. The highest BCUT2D eigenvalue weighted by molar-refractivity contribution is 5.95. The second-order valence-corrected chi connectivity index (χ2v) is 6.14. The van der Waals surface area contributed by atoms with Crippen LogP contribution in [-0.4, -0.2) is 32.0 Å². The Labute approximate surface area is 126 Å². The van der Waals surface area contributed by atoms with E-state index in [1.54, 1.807) is 24.3 Å². The number of hydrogen-bond acceptors (Lipinski definition) is 4. The summed E-state index contributed by atoms with van der Waals surface area (Å²) in [5.74, 6) is -1.08. The van der Waals surface area contributed by atoms with E-state index >= 15 is 0 Å². The van der Waals surface area contributed by atoms with Crippen LogP contribution in [0.1, 0.15) is 30.8 Å². The van der Waals surface area contributed by atoms with Gasteiger partial charge in [-0.05, 0) is 30.0 Å². The van der Waals surface area contributed by atoms with Gasteiger partial charge < -0.3 is 10.4 Å². The molecular weight excluding hydrogens is 284 g/mol. The van der Waals surface area contributed by atoms with Crippen molar-refractivity contribution in [1.29, 1.82) is 0 Å². The van der Waals surface area contributed by atoms with E-state index in [-0.39, 0.29) is 22.9 Å². The van der Waals surface area contributed by atoms with Crippen molar-refractivity contribution in [3.8, 4) is 5.69 Å². The van der Waals surface area contributed by atoms with Crippen LogP contribution in [0.3, 0.4) is 0 Å². The lowest BCUT2D eigenvalue weighted by Crippen LogP contribution is -2.16. The van der Waals surface area contributed by atoms with Crippen LogP contribution in [-0.2, 0) is 4.79 Å². The first kappa shape index (κ1) is 14.2. The van der Waals surface area contributed by atoms with Crippen LogP contribution in [0.15, 0.2) is 30.5 Å². The molecule has 0 saturated heterocycles. The lowest BCUT2D eigenvalue weighted by Gasteiger charge is -2.08. The van der Waals surface area contributed by atoms with E-state index in [1.807, 2.05) is 0 Å². The maximum atomic E-state index is 12.1. The highest BCUT2D eigenvalue weighted by Crippen LogP contribution is 2.51. The summed E-state index contributed by atoms with van der Waals surface area (Å²) in [5, 5.41) is 19.1. The van der Waals surface area contributed by atoms with Crippen LogP contribution in [0.2, 0.25) is 0 Å². The number of aromatic carboxylic acids is 1. The Balaban J connectivity index is 1.77. The van der Waals surface area contributed by atoms with E-state index in [9.17, 15) is 9.59 Å². The van der Waals surface area contributed by atoms with E-state index in [1.165, 1.54) is 10.9 Å². The van der Waals surface area contributed by atoms with Gasteiger partial charge in [0, 0.05) is 11.6 Å². The number of carbonyl (C=O) groups is 2. The molecule has 1 fully saturated rings. The van der Waals surface area contributed by atoms with Crippen LogP contribution in [0, 0.1) is 11.3 Å². The minimum atomic E-state index is -1.13. The standard InChI is InChI=1S/C15H16N4O3/c1-15(2)7-11(15)13(20)16-9-4-3-5-10(6-9)19-8-12(14(21)22)17-18-19/h3-6,8,11H,7H2,1-2H3,(H,16,20)(H,21,22)/t11-/m1/s1. The zero-order chi connectivity index (χ0) is 15.9. The highest BCUT2D eigenvalue weighted by Gasteiger charge is 2.50. The molecule has 0 radical (unpaired) electrons. The number of rotatable bonds is 4. The molecule has 3 rings (SSSR count). The first-order valence-electron chi connectivity index (χ1n) is 6.94. The van der Waals surface area contributed by atoms with Crippen molar-refractivity contribution in [3.05, 3.63) is 36.2 Å². The third kappa shape index (κ3) is 2.69. The van der Waals surface area contributed by atoms with Gasteiger partial charge in [-0.25, -0.2) is 9.48 Å². The van der Waals surface area contributed by atoms with E-state index < -0.39 is 5.97 Å². The molecule has 0 spiro atoms. The molecule has 114 valence electrons. The van der Waals surface area contributed by atoms with Crippen LogP contribution < -0.4 is 5.32 Å². The second-order valence-electron chi connectivity index (χ2n) is 6.14. The van der Waals surface area contributed by atoms with Gasteiger partial charge in [0.1, 0.15) is 0 Å². The molecule has 7 nitrogen and oxygen atoms in total. The van der Waals surface area contributed by atoms with E-state index in [0.717, 1.165) is 6.42 Å². The van der Waals surface area contributed by atoms with Gasteiger partial charge in [0.05, 0.1) is 11.9 Å². The van der Waals surface area contributed by atoms with Crippen LogP contribution in [0.4, 0.5) is 5.69 Å². The fraction of sp³-hybridized carbons (Fsp3) is 0.333. The number of amides is 1. The Hall–Kier alpha value is -2.70. The van der Waals surface area contributed by atoms with E-state index in [0.29, 0.717) is 11.4 Å². The minimum Gasteiger partial charge on any atom is -0.476 e. The van der Waals surface area contributed by atoms with Gasteiger partial charge in [-0.2, -0.15) is 0 Å². The first-order valence-corrected chi connectivity index (χ1v) is 6.94. The molecule has 0 bridgehead atoms. The van der Waals surface area contributed by atoms with Gasteiger partial charge in [0.15, 0.2) is 5.69 Å². The number of aromatic nitrogens is 3. The smallest absolute Gasteiger partial charge is 0.358 e. The van der Waals surface area contributed by atoms with Crippen molar-refractivity contribution in [2.75, 3.05) is 5.32 Å². The van der Waals surface area contributed by atoms with Crippen molar-refractivity contribution in [2.24, 2.45) is 11.3 Å². The Kier molecular flexibility index (Phi) is 3.20. The SMILES string of the molecule is CC1(C)C[C@@H]1C(=O)Nc1cccc(-n2cc(C(=O)O)nn2)c1. The van der Waals surface area contributed by atoms with E-state index in [2.05, 4.69) is 29.5 Å². The van der Waals surface area contributed by atoms with E-state index in [4.69, 9.17) is 5.11 Å². The molecule has 1 aromatic heterocycles. The zero-order valence-electron chi connectivity index (χ0n) is 12.3. The predicted molar refractivity (Wildman–Crippen MR) is 78.8 cm³/mol. The number of carboxylic acids is 1. The molecule has 0 unspecified atom stereocenters. The lowest BCUT2D eigenvalue weighted by molar-refractivity contribution is -0.118. The summed E-state index contributed by atoms with van der Waals surface area (Å²) in [6, 6.07) is 7.04. The molecule has 7 heteroatoms. The Bertz CT molecular complexity index is 751. The van der Waals surface area contributed by atoms with Gasteiger partial charge in [-0.3, -0.25) is 4.79 Å². The third-order valence-corrected chi connectivity index (χ3v) is 3.92. The Morgan fingerprint density at radius 1 is 1.41 bits per heavy atom. The van der Waals surface area contributed by atoms with Gasteiger partial charge >= 0.3 is 5.97 Å². The van der Waals surface area contributed by atoms with Crippen molar-refractivity contribution in [3.63, 3.8) is 0 Å². The molecule has 22 heavy (non-hydrogen) atoms. The molecule has 2 N–H and O–H groups in total. The Morgan fingerprint density at radius 3 is 2.73 bits per heavy atom. The number of nitrogens with one attached hydrogen (secondary N) is 1. The number of benzene rings is 1. The van der Waals surface area contributed by atoms with Crippen molar-refractivity contribution < 1.29 is 14.7 Å². The van der Waals surface area contributed by atoms with Gasteiger partial charge in [-0.15, -0.1) is 5.10 Å². The molecular formula is C15H16N4O3. The molecule has 2 aromatic rings. The predicted octanol–water partition coefficient (Wildman–Crippen LogP) is 1.95. The molecule has 1 aliphatic rings. The van der Waals surface area contributed by atoms with Gasteiger partial charge in [0.2, 0.25) is 5.91 Å². The Morgan fingerprint density at radius 2 is 2.14 bits per heavy atom. The normalized spacial score (nSPS) is 18.7. The highest BCUT2D eigenvalue weighted by atomic mass is 16.4. The maximum Gasteiger partial charge on any atom is 0.358 e. The fourth-order valence-electron chi connectivity index (χ4n) is 2.36. The summed E-state index contributed by atoms with van der Waals surface area (Å²) in [7, 11) is 0. The number of anilines is 1. The summed E-state index contributed by atoms with van der Waals surface area (Å²) in [5.41, 5.74) is 1.23. The van der Waals surface area contributed by atoms with Crippen LogP contribution in [0.25, 0.3) is 5.69 Å². The average molecular weight is 300 g/mol.